The molecule has 0 bridgehead atoms. The molecule has 3 heterocycles. The van der Waals surface area contributed by atoms with Crippen LogP contribution in [-0.4, -0.2) is 66.4 Å². The van der Waals surface area contributed by atoms with Gasteiger partial charge < -0.3 is 35.1 Å². The number of thiophene rings is 1. The first-order chi connectivity index (χ1) is 26.7. The number of methoxy groups -OCH3 is 1. The fourth-order valence-electron chi connectivity index (χ4n) is 7.00. The summed E-state index contributed by atoms with van der Waals surface area (Å²) in [6.07, 6.45) is 1.63. The number of amides is 2. The number of phenols is 1. The van der Waals surface area contributed by atoms with Gasteiger partial charge in [-0.1, -0.05) is 66.2 Å². The summed E-state index contributed by atoms with van der Waals surface area (Å²) in [5.41, 5.74) is 4.49. The number of anilines is 2. The van der Waals surface area contributed by atoms with Crippen LogP contribution >= 0.6 is 22.9 Å². The monoisotopic (exact) mass is 779 g/mol. The van der Waals surface area contributed by atoms with E-state index in [2.05, 4.69) is 38.0 Å². The highest BCUT2D eigenvalue weighted by atomic mass is 35.5. The van der Waals surface area contributed by atoms with Gasteiger partial charge in [0.2, 0.25) is 11.5 Å². The quantitative estimate of drug-likeness (QED) is 0.0739. The SMILES string of the molecule is COc1cc(NC(=O)CCN2CCC(OC(=O)Nc3sc4ccccc4c3-c3ccccc3)CC2)c(Cl)cc1CNCCc1ccc(O)c2[nH]c(=O)ccc12. The summed E-state index contributed by atoms with van der Waals surface area (Å²) in [6.45, 7) is 3.09. The van der Waals surface area contributed by atoms with E-state index in [4.69, 9.17) is 21.1 Å². The fourth-order valence-corrected chi connectivity index (χ4v) is 8.35. The molecule has 2 amide bonds. The minimum absolute atomic E-state index is 0.0336. The van der Waals surface area contributed by atoms with Gasteiger partial charge in [0.05, 0.1) is 23.3 Å². The van der Waals surface area contributed by atoms with Gasteiger partial charge in [-0.3, -0.25) is 14.9 Å². The lowest BCUT2D eigenvalue weighted by Crippen LogP contribution is -2.39. The average Bonchev–Trinajstić information content (AvgIpc) is 3.55. The number of halogens is 1. The van der Waals surface area contributed by atoms with E-state index in [1.54, 1.807) is 31.4 Å². The minimum Gasteiger partial charge on any atom is -0.506 e. The third-order valence-electron chi connectivity index (χ3n) is 9.83. The first kappa shape index (κ1) is 37.9. The van der Waals surface area contributed by atoms with Crippen molar-refractivity contribution in [2.45, 2.75) is 38.3 Å². The summed E-state index contributed by atoms with van der Waals surface area (Å²) >= 11 is 8.15. The molecule has 0 atom stereocenters. The standard InChI is InChI=1S/C42H42ClN5O6S/c1-53-35-24-33(32(43)23-28(35)25-44-19-15-26-11-13-34(49)40-30(26)12-14-37(50)46-40)45-38(51)18-22-48-20-16-29(17-21-48)54-42(52)47-41-39(27-7-3-2-4-8-27)31-9-5-6-10-36(31)55-41/h2-14,23-24,29,44,49H,15-22,25H2,1H3,(H,45,51)(H,46,50)(H,47,52). The maximum atomic E-state index is 13.0. The molecule has 11 nitrogen and oxygen atoms in total. The second kappa shape index (κ2) is 17.4. The Morgan fingerprint density at radius 2 is 1.73 bits per heavy atom. The molecule has 0 spiro atoms. The number of aromatic nitrogens is 1. The van der Waals surface area contributed by atoms with Crippen molar-refractivity contribution in [3.63, 3.8) is 0 Å². The molecule has 1 saturated heterocycles. The van der Waals surface area contributed by atoms with E-state index in [0.29, 0.717) is 74.0 Å². The Bertz CT molecular complexity index is 2370. The molecule has 0 aliphatic carbocycles. The number of hydrogen-bond acceptors (Lipinski definition) is 9. The molecule has 4 aromatic carbocycles. The van der Waals surface area contributed by atoms with Gasteiger partial charge in [0.15, 0.2) is 0 Å². The number of nitrogens with one attached hydrogen (secondary N) is 4. The van der Waals surface area contributed by atoms with Crippen LogP contribution < -0.4 is 26.2 Å². The predicted octanol–water partition coefficient (Wildman–Crippen LogP) is 8.15. The number of H-pyrrole nitrogens is 1. The van der Waals surface area contributed by atoms with Crippen LogP contribution in [0.15, 0.2) is 95.8 Å². The lowest BCUT2D eigenvalue weighted by Gasteiger charge is -2.31. The largest absolute Gasteiger partial charge is 0.506 e. The molecule has 1 fully saturated rings. The number of ether oxygens (including phenoxy) is 2. The van der Waals surface area contributed by atoms with Gasteiger partial charge in [0, 0.05) is 71.3 Å². The van der Waals surface area contributed by atoms with Crippen LogP contribution in [0.3, 0.4) is 0 Å². The van der Waals surface area contributed by atoms with E-state index in [-0.39, 0.29) is 29.7 Å². The minimum atomic E-state index is -0.460. The molecule has 0 radical (unpaired) electrons. The van der Waals surface area contributed by atoms with Crippen molar-refractivity contribution in [1.29, 1.82) is 0 Å². The lowest BCUT2D eigenvalue weighted by atomic mass is 10.0. The van der Waals surface area contributed by atoms with Gasteiger partial charge in [-0.2, -0.15) is 0 Å². The number of piperidine rings is 1. The van der Waals surface area contributed by atoms with Crippen molar-refractivity contribution in [3.05, 3.63) is 117 Å². The van der Waals surface area contributed by atoms with Crippen molar-refractivity contribution < 1.29 is 24.2 Å². The third-order valence-corrected chi connectivity index (χ3v) is 11.2. The van der Waals surface area contributed by atoms with Crippen molar-refractivity contribution in [1.82, 2.24) is 15.2 Å². The van der Waals surface area contributed by atoms with Crippen LogP contribution in [0.2, 0.25) is 5.02 Å². The highest BCUT2D eigenvalue weighted by molar-refractivity contribution is 7.23. The summed E-state index contributed by atoms with van der Waals surface area (Å²) in [5, 5.41) is 22.5. The fraction of sp³-hybridized carbons (Fsp3) is 0.262. The van der Waals surface area contributed by atoms with E-state index in [1.165, 1.54) is 17.4 Å². The van der Waals surface area contributed by atoms with Crippen molar-refractivity contribution in [3.8, 4) is 22.6 Å². The maximum Gasteiger partial charge on any atom is 0.412 e. The normalized spacial score (nSPS) is 13.6. The number of nitrogens with zero attached hydrogens (tertiary/aromatic N) is 1. The van der Waals surface area contributed by atoms with Crippen LogP contribution in [0.5, 0.6) is 11.5 Å². The number of aromatic hydroxyl groups is 1. The number of phenolic OH excluding ortho intramolecular Hbond substituents is 1. The number of fused-ring (bicyclic) bond motifs is 2. The van der Waals surface area contributed by atoms with Crippen LogP contribution in [0.1, 0.15) is 30.4 Å². The van der Waals surface area contributed by atoms with Gasteiger partial charge in [-0.05, 0) is 61.2 Å². The molecule has 2 aromatic heterocycles. The zero-order valence-corrected chi connectivity index (χ0v) is 31.9. The van der Waals surface area contributed by atoms with Gasteiger partial charge in [0.1, 0.15) is 22.6 Å². The maximum absolute atomic E-state index is 13.0. The Labute approximate surface area is 327 Å². The Balaban J connectivity index is 0.857. The Kier molecular flexibility index (Phi) is 12.0. The molecule has 55 heavy (non-hydrogen) atoms. The number of benzene rings is 4. The average molecular weight is 780 g/mol. The molecule has 1 aliphatic heterocycles. The molecule has 13 heteroatoms. The molecule has 284 valence electrons. The Morgan fingerprint density at radius 3 is 2.53 bits per heavy atom. The summed E-state index contributed by atoms with van der Waals surface area (Å²) in [7, 11) is 1.57. The summed E-state index contributed by atoms with van der Waals surface area (Å²) in [6, 6.07) is 28.3. The molecular weight excluding hydrogens is 738 g/mol. The van der Waals surface area contributed by atoms with Gasteiger partial charge in [-0.25, -0.2) is 4.79 Å². The summed E-state index contributed by atoms with van der Waals surface area (Å²) < 4.78 is 12.6. The zero-order chi connectivity index (χ0) is 38.3. The van der Waals surface area contributed by atoms with Crippen LogP contribution in [0.25, 0.3) is 32.1 Å². The van der Waals surface area contributed by atoms with Crippen LogP contribution in [0.4, 0.5) is 15.5 Å². The van der Waals surface area contributed by atoms with Crippen molar-refractivity contribution in [2.24, 2.45) is 0 Å². The van der Waals surface area contributed by atoms with E-state index in [0.717, 1.165) is 42.7 Å². The van der Waals surface area contributed by atoms with Crippen molar-refractivity contribution in [2.75, 3.05) is 43.9 Å². The highest BCUT2D eigenvalue weighted by Gasteiger charge is 2.24. The Morgan fingerprint density at radius 1 is 0.945 bits per heavy atom. The zero-order valence-electron chi connectivity index (χ0n) is 30.3. The van der Waals surface area contributed by atoms with Gasteiger partial charge in [-0.15, -0.1) is 11.3 Å². The smallest absolute Gasteiger partial charge is 0.412 e. The third kappa shape index (κ3) is 9.12. The van der Waals surface area contributed by atoms with Gasteiger partial charge >= 0.3 is 6.09 Å². The number of carbonyl (C=O) groups excluding carboxylic acids is 2. The summed E-state index contributed by atoms with van der Waals surface area (Å²) in [5.74, 6) is 0.466. The molecule has 7 rings (SSSR count). The second-order valence-electron chi connectivity index (χ2n) is 13.5. The van der Waals surface area contributed by atoms with Crippen molar-refractivity contribution >= 4 is 66.6 Å². The topological polar surface area (TPSA) is 145 Å². The number of likely N-dealkylation sites (tertiary alicyclic amines) is 1. The Hall–Kier alpha value is -5.40. The number of pyridine rings is 1. The molecule has 0 unspecified atom stereocenters. The van der Waals surface area contributed by atoms with Crippen LogP contribution in [0, 0.1) is 0 Å². The molecular formula is C42H42ClN5O6S. The molecule has 5 N–H and O–H groups in total. The van der Waals surface area contributed by atoms with E-state index in [9.17, 15) is 19.5 Å². The summed E-state index contributed by atoms with van der Waals surface area (Å²) in [4.78, 5) is 42.7. The highest BCUT2D eigenvalue weighted by Crippen LogP contribution is 2.42. The van der Waals surface area contributed by atoms with Gasteiger partial charge in [0.25, 0.3) is 0 Å². The molecule has 1 aliphatic rings. The first-order valence-corrected chi connectivity index (χ1v) is 19.4. The number of aromatic amines is 1. The van der Waals surface area contributed by atoms with E-state index in [1.807, 2.05) is 48.5 Å². The van der Waals surface area contributed by atoms with Crippen LogP contribution in [-0.2, 0) is 22.5 Å². The number of rotatable bonds is 13. The molecule has 6 aromatic rings. The number of hydrogen-bond donors (Lipinski definition) is 5. The molecule has 0 saturated carbocycles. The first-order valence-electron chi connectivity index (χ1n) is 18.2. The van der Waals surface area contributed by atoms with E-state index < -0.39 is 6.09 Å². The number of carbonyl (C=O) groups is 2. The lowest BCUT2D eigenvalue weighted by molar-refractivity contribution is -0.116. The predicted molar refractivity (Wildman–Crippen MR) is 220 cm³/mol. The second-order valence-corrected chi connectivity index (χ2v) is 14.9. The van der Waals surface area contributed by atoms with E-state index >= 15 is 0 Å².